The van der Waals surface area contributed by atoms with Gasteiger partial charge in [0.05, 0.1) is 12.8 Å². The summed E-state index contributed by atoms with van der Waals surface area (Å²) in [7, 11) is 1.15. The summed E-state index contributed by atoms with van der Waals surface area (Å²) in [5, 5.41) is 0. The fourth-order valence-corrected chi connectivity index (χ4v) is 1.42. The van der Waals surface area contributed by atoms with Gasteiger partial charge in [0.25, 0.3) is 0 Å². The summed E-state index contributed by atoms with van der Waals surface area (Å²) in [6.45, 7) is 4.46. The lowest BCUT2D eigenvalue weighted by Crippen LogP contribution is -2.40. The van der Waals surface area contributed by atoms with E-state index < -0.39 is 35.8 Å². The molecule has 116 valence electrons. The highest BCUT2D eigenvalue weighted by molar-refractivity contribution is 5.93. The molecule has 0 atom stereocenters. The van der Waals surface area contributed by atoms with Crippen molar-refractivity contribution in [3.05, 3.63) is 29.8 Å². The van der Waals surface area contributed by atoms with Gasteiger partial charge in [-0.15, -0.1) is 0 Å². The summed E-state index contributed by atoms with van der Waals surface area (Å²) in [6, 6.07) is 2.84. The Morgan fingerprint density at radius 2 is 1.81 bits per heavy atom. The second kappa shape index (κ2) is 6.51. The van der Waals surface area contributed by atoms with Gasteiger partial charge in [0.2, 0.25) is 0 Å². The largest absolute Gasteiger partial charge is 0.468 e. The van der Waals surface area contributed by atoms with Crippen LogP contribution in [-0.2, 0) is 14.3 Å². The molecule has 1 rings (SSSR count). The first kappa shape index (κ1) is 16.9. The van der Waals surface area contributed by atoms with E-state index in [1.165, 1.54) is 6.07 Å². The lowest BCUT2D eigenvalue weighted by Gasteiger charge is -2.26. The number of amides is 1. The molecule has 0 spiro atoms. The van der Waals surface area contributed by atoms with E-state index in [1.807, 2.05) is 0 Å². The van der Waals surface area contributed by atoms with E-state index in [1.54, 1.807) is 20.8 Å². The second-order valence-electron chi connectivity index (χ2n) is 5.24. The monoisotopic (exact) mass is 301 g/mol. The third kappa shape index (κ3) is 5.02. The van der Waals surface area contributed by atoms with Gasteiger partial charge < -0.3 is 9.47 Å². The number of esters is 1. The maximum absolute atomic E-state index is 13.3. The van der Waals surface area contributed by atoms with Crippen LogP contribution in [0.25, 0.3) is 0 Å². The fraction of sp³-hybridized carbons (Fsp3) is 0.429. The highest BCUT2D eigenvalue weighted by atomic mass is 19.2. The van der Waals surface area contributed by atoms with E-state index in [2.05, 4.69) is 4.74 Å². The molecule has 0 heterocycles. The number of hydrogen-bond donors (Lipinski definition) is 0. The van der Waals surface area contributed by atoms with Crippen LogP contribution in [0.5, 0.6) is 0 Å². The van der Waals surface area contributed by atoms with Crippen molar-refractivity contribution in [3.63, 3.8) is 0 Å². The van der Waals surface area contributed by atoms with E-state index in [0.717, 1.165) is 24.1 Å². The normalized spacial score (nSPS) is 11.0. The van der Waals surface area contributed by atoms with Gasteiger partial charge in [-0.05, 0) is 32.9 Å². The molecule has 0 aliphatic carbocycles. The predicted octanol–water partition coefficient (Wildman–Crippen LogP) is 2.88. The van der Waals surface area contributed by atoms with Crippen LogP contribution in [0.4, 0.5) is 19.3 Å². The minimum Gasteiger partial charge on any atom is -0.468 e. The molecule has 0 bridgehead atoms. The lowest BCUT2D eigenvalue weighted by atomic mass is 10.2. The molecule has 0 aliphatic rings. The van der Waals surface area contributed by atoms with Crippen molar-refractivity contribution < 1.29 is 27.8 Å². The van der Waals surface area contributed by atoms with Gasteiger partial charge in [0.15, 0.2) is 11.6 Å². The van der Waals surface area contributed by atoms with E-state index in [9.17, 15) is 18.4 Å². The average molecular weight is 301 g/mol. The Hall–Kier alpha value is -2.18. The van der Waals surface area contributed by atoms with Gasteiger partial charge in [-0.1, -0.05) is 0 Å². The van der Waals surface area contributed by atoms with Crippen LogP contribution >= 0.6 is 0 Å². The first-order chi connectivity index (χ1) is 9.64. The molecule has 0 radical (unpaired) electrons. The van der Waals surface area contributed by atoms with Crippen LogP contribution < -0.4 is 4.90 Å². The number of carbonyl (C=O) groups excluding carboxylic acids is 2. The van der Waals surface area contributed by atoms with Crippen molar-refractivity contribution in [2.75, 3.05) is 18.6 Å². The minimum absolute atomic E-state index is 0.00597. The Morgan fingerprint density at radius 1 is 1.19 bits per heavy atom. The quantitative estimate of drug-likeness (QED) is 0.806. The molecule has 21 heavy (non-hydrogen) atoms. The molecule has 0 unspecified atom stereocenters. The highest BCUT2D eigenvalue weighted by Gasteiger charge is 2.26. The zero-order chi connectivity index (χ0) is 16.2. The third-order valence-corrected chi connectivity index (χ3v) is 2.34. The Balaban J connectivity index is 3.09. The van der Waals surface area contributed by atoms with Crippen molar-refractivity contribution >= 4 is 17.7 Å². The number of rotatable bonds is 3. The first-order valence-corrected chi connectivity index (χ1v) is 6.16. The molecule has 0 saturated heterocycles. The zero-order valence-corrected chi connectivity index (χ0v) is 12.3. The van der Waals surface area contributed by atoms with Gasteiger partial charge in [-0.25, -0.2) is 13.6 Å². The van der Waals surface area contributed by atoms with Crippen LogP contribution in [0.15, 0.2) is 18.2 Å². The van der Waals surface area contributed by atoms with Crippen LogP contribution in [0.2, 0.25) is 0 Å². The Kier molecular flexibility index (Phi) is 5.23. The van der Waals surface area contributed by atoms with Gasteiger partial charge in [0.1, 0.15) is 12.1 Å². The van der Waals surface area contributed by atoms with Crippen LogP contribution in [0.1, 0.15) is 20.8 Å². The molecule has 0 aromatic heterocycles. The number of hydrogen-bond acceptors (Lipinski definition) is 4. The minimum atomic E-state index is -1.13. The van der Waals surface area contributed by atoms with Gasteiger partial charge in [0, 0.05) is 6.07 Å². The Labute approximate surface area is 121 Å². The molecule has 5 nitrogen and oxygen atoms in total. The number of carbonyl (C=O) groups is 2. The summed E-state index contributed by atoms with van der Waals surface area (Å²) >= 11 is 0. The second-order valence-corrected chi connectivity index (χ2v) is 5.24. The number of ether oxygens (including phenoxy) is 2. The Morgan fingerprint density at radius 3 is 2.29 bits per heavy atom. The van der Waals surface area contributed by atoms with E-state index in [-0.39, 0.29) is 5.69 Å². The van der Waals surface area contributed by atoms with E-state index in [0.29, 0.717) is 0 Å². The first-order valence-electron chi connectivity index (χ1n) is 6.16. The SMILES string of the molecule is COC(=O)CN(C(=O)OC(C)(C)C)c1ccc(F)c(F)c1. The molecule has 0 fully saturated rings. The van der Waals surface area contributed by atoms with Crippen molar-refractivity contribution in [1.29, 1.82) is 0 Å². The number of methoxy groups -OCH3 is 1. The van der Waals surface area contributed by atoms with Crippen LogP contribution in [0, 0.1) is 11.6 Å². The molecule has 1 aromatic rings. The van der Waals surface area contributed by atoms with Crippen molar-refractivity contribution in [2.24, 2.45) is 0 Å². The molecule has 7 heteroatoms. The summed E-state index contributed by atoms with van der Waals surface area (Å²) in [4.78, 5) is 24.3. The Bertz CT molecular complexity index is 540. The van der Waals surface area contributed by atoms with E-state index >= 15 is 0 Å². The van der Waals surface area contributed by atoms with Gasteiger partial charge in [-0.2, -0.15) is 0 Å². The third-order valence-electron chi connectivity index (χ3n) is 2.34. The topological polar surface area (TPSA) is 55.8 Å². The lowest BCUT2D eigenvalue weighted by molar-refractivity contribution is -0.139. The number of anilines is 1. The molecular weight excluding hydrogens is 284 g/mol. The maximum atomic E-state index is 13.3. The smallest absolute Gasteiger partial charge is 0.415 e. The predicted molar refractivity (Wildman–Crippen MR) is 72.0 cm³/mol. The fourth-order valence-electron chi connectivity index (χ4n) is 1.42. The number of halogens is 2. The zero-order valence-electron chi connectivity index (χ0n) is 12.3. The number of benzene rings is 1. The number of nitrogens with zero attached hydrogens (tertiary/aromatic N) is 1. The molecule has 0 aliphatic heterocycles. The molecular formula is C14H17F2NO4. The maximum Gasteiger partial charge on any atom is 0.415 e. The molecule has 1 amide bonds. The molecule has 0 N–H and O–H groups in total. The van der Waals surface area contributed by atoms with Crippen molar-refractivity contribution in [3.8, 4) is 0 Å². The summed E-state index contributed by atoms with van der Waals surface area (Å²) in [5.41, 5.74) is -0.808. The van der Waals surface area contributed by atoms with Crippen molar-refractivity contribution in [2.45, 2.75) is 26.4 Å². The summed E-state index contributed by atoms with van der Waals surface area (Å²) < 4.78 is 35.9. The molecule has 0 saturated carbocycles. The van der Waals surface area contributed by atoms with Crippen LogP contribution in [-0.4, -0.2) is 31.3 Å². The van der Waals surface area contributed by atoms with Crippen LogP contribution in [0.3, 0.4) is 0 Å². The van der Waals surface area contributed by atoms with Gasteiger partial charge >= 0.3 is 12.1 Å². The molecule has 1 aromatic carbocycles. The standard InChI is InChI=1S/C14H17F2NO4/c1-14(2,3)21-13(19)17(8-12(18)20-4)9-5-6-10(15)11(16)7-9/h5-7H,8H2,1-4H3. The summed E-state index contributed by atoms with van der Waals surface area (Å²) in [6.07, 6.45) is -0.862. The van der Waals surface area contributed by atoms with Gasteiger partial charge in [-0.3, -0.25) is 9.69 Å². The van der Waals surface area contributed by atoms with E-state index in [4.69, 9.17) is 4.74 Å². The summed E-state index contributed by atoms with van der Waals surface area (Å²) in [5.74, 6) is -2.91. The highest BCUT2D eigenvalue weighted by Crippen LogP contribution is 2.20. The van der Waals surface area contributed by atoms with Crippen molar-refractivity contribution in [1.82, 2.24) is 0 Å². The average Bonchev–Trinajstić information content (AvgIpc) is 2.37.